The Kier molecular flexibility index (Phi) is 5.51. The van der Waals surface area contributed by atoms with Crippen LogP contribution in [0.15, 0.2) is 63.1 Å². The fourth-order valence-electron chi connectivity index (χ4n) is 3.40. The molecule has 10 heteroatoms. The van der Waals surface area contributed by atoms with Crippen LogP contribution in [0, 0.1) is 12.7 Å². The summed E-state index contributed by atoms with van der Waals surface area (Å²) in [6, 6.07) is 11.2. The van der Waals surface area contributed by atoms with Crippen LogP contribution >= 0.6 is 11.8 Å². The molecule has 2 aromatic heterocycles. The number of aryl methyl sites for hydroxylation is 1. The van der Waals surface area contributed by atoms with E-state index < -0.39 is 5.82 Å². The van der Waals surface area contributed by atoms with Crippen molar-refractivity contribution in [3.8, 4) is 11.5 Å². The number of carbonyl (C=O) groups excluding carboxylic acids is 1. The third-order valence-electron chi connectivity index (χ3n) is 5.10. The molecule has 0 saturated carbocycles. The van der Waals surface area contributed by atoms with Gasteiger partial charge in [0.15, 0.2) is 16.7 Å². The average molecular weight is 467 g/mol. The summed E-state index contributed by atoms with van der Waals surface area (Å²) < 4.78 is 31.4. The van der Waals surface area contributed by atoms with Crippen molar-refractivity contribution in [1.29, 1.82) is 0 Å². The summed E-state index contributed by atoms with van der Waals surface area (Å²) in [6.07, 6.45) is 1.52. The minimum Gasteiger partial charge on any atom is -0.467 e. The number of furan rings is 1. The number of hydrogen-bond acceptors (Lipinski definition) is 7. The molecule has 4 aromatic rings. The van der Waals surface area contributed by atoms with Crippen LogP contribution in [-0.4, -0.2) is 28.0 Å². The van der Waals surface area contributed by atoms with E-state index in [2.05, 4.69) is 10.3 Å². The van der Waals surface area contributed by atoms with E-state index in [1.165, 1.54) is 16.9 Å². The van der Waals surface area contributed by atoms with E-state index in [1.807, 2.05) is 0 Å². The number of nitrogens with one attached hydrogen (secondary N) is 1. The van der Waals surface area contributed by atoms with Gasteiger partial charge in [0, 0.05) is 11.8 Å². The highest BCUT2D eigenvalue weighted by Gasteiger charge is 2.20. The van der Waals surface area contributed by atoms with Crippen molar-refractivity contribution in [2.45, 2.75) is 18.6 Å². The van der Waals surface area contributed by atoms with E-state index in [0.29, 0.717) is 44.6 Å². The highest BCUT2D eigenvalue weighted by molar-refractivity contribution is 7.99. The zero-order valence-corrected chi connectivity index (χ0v) is 18.3. The molecule has 0 saturated heterocycles. The molecule has 0 aliphatic carbocycles. The van der Waals surface area contributed by atoms with Crippen LogP contribution in [-0.2, 0) is 11.3 Å². The van der Waals surface area contributed by atoms with Crippen LogP contribution in [0.5, 0.6) is 11.5 Å². The molecule has 0 unspecified atom stereocenters. The SMILES string of the molecule is Cc1ccc(NC(=O)CSc2nc3cc4c(cc3c(=O)n2Cc2ccco2)OCO4)cc1F. The van der Waals surface area contributed by atoms with Crippen molar-refractivity contribution in [2.24, 2.45) is 0 Å². The Morgan fingerprint density at radius 1 is 1.21 bits per heavy atom. The smallest absolute Gasteiger partial charge is 0.262 e. The molecule has 0 atom stereocenters. The van der Waals surface area contributed by atoms with Gasteiger partial charge in [-0.05, 0) is 42.8 Å². The number of benzene rings is 2. The third kappa shape index (κ3) is 4.29. The summed E-state index contributed by atoms with van der Waals surface area (Å²) in [4.78, 5) is 30.4. The second-order valence-corrected chi connectivity index (χ2v) is 8.33. The second kappa shape index (κ2) is 8.62. The maximum atomic E-state index is 13.8. The first-order valence-electron chi connectivity index (χ1n) is 10.0. The lowest BCUT2D eigenvalue weighted by atomic mass is 10.2. The van der Waals surface area contributed by atoms with E-state index in [4.69, 9.17) is 13.9 Å². The van der Waals surface area contributed by atoms with Crippen LogP contribution in [0.1, 0.15) is 11.3 Å². The molecule has 3 heterocycles. The van der Waals surface area contributed by atoms with Gasteiger partial charge in [-0.1, -0.05) is 17.8 Å². The quantitative estimate of drug-likeness (QED) is 0.339. The van der Waals surface area contributed by atoms with Crippen molar-refractivity contribution in [3.05, 3.63) is 76.2 Å². The minimum atomic E-state index is -0.400. The summed E-state index contributed by atoms with van der Waals surface area (Å²) in [6.45, 7) is 1.87. The van der Waals surface area contributed by atoms with Crippen LogP contribution in [0.4, 0.5) is 10.1 Å². The minimum absolute atomic E-state index is 0.0316. The molecule has 0 radical (unpaired) electrons. The number of hydrogen-bond donors (Lipinski definition) is 1. The Balaban J connectivity index is 1.45. The first-order chi connectivity index (χ1) is 16.0. The number of fused-ring (bicyclic) bond motifs is 2. The standard InChI is InChI=1S/C23H18FN3O5S/c1-13-4-5-14(7-17(13)24)25-21(28)11-33-23-26-18-9-20-19(31-12-32-20)8-16(18)22(29)27(23)10-15-3-2-6-30-15/h2-9H,10-12H2,1H3,(H,25,28). The topological polar surface area (TPSA) is 95.6 Å². The van der Waals surface area contributed by atoms with Gasteiger partial charge >= 0.3 is 0 Å². The number of ether oxygens (including phenoxy) is 2. The van der Waals surface area contributed by atoms with Gasteiger partial charge < -0.3 is 19.2 Å². The Hall–Kier alpha value is -3.79. The van der Waals surface area contributed by atoms with Crippen molar-refractivity contribution in [1.82, 2.24) is 9.55 Å². The Morgan fingerprint density at radius 3 is 2.79 bits per heavy atom. The zero-order valence-electron chi connectivity index (χ0n) is 17.5. The lowest BCUT2D eigenvalue weighted by molar-refractivity contribution is -0.113. The van der Waals surface area contributed by atoms with Gasteiger partial charge in [-0.25, -0.2) is 9.37 Å². The molecule has 33 heavy (non-hydrogen) atoms. The number of halogens is 1. The van der Waals surface area contributed by atoms with E-state index in [9.17, 15) is 14.0 Å². The lowest BCUT2D eigenvalue weighted by Gasteiger charge is -2.13. The number of rotatable bonds is 6. The molecule has 1 N–H and O–H groups in total. The molecular formula is C23H18FN3O5S. The Labute approximate surface area is 191 Å². The number of nitrogens with zero attached hydrogens (tertiary/aromatic N) is 2. The number of aromatic nitrogens is 2. The van der Waals surface area contributed by atoms with Crippen molar-refractivity contribution in [3.63, 3.8) is 0 Å². The summed E-state index contributed by atoms with van der Waals surface area (Å²) >= 11 is 1.10. The predicted molar refractivity (Wildman–Crippen MR) is 120 cm³/mol. The highest BCUT2D eigenvalue weighted by atomic mass is 32.2. The first-order valence-corrected chi connectivity index (χ1v) is 11.0. The maximum absolute atomic E-state index is 13.8. The van der Waals surface area contributed by atoms with Crippen molar-refractivity contribution >= 4 is 34.3 Å². The van der Waals surface area contributed by atoms with Gasteiger partial charge in [-0.3, -0.25) is 14.2 Å². The van der Waals surface area contributed by atoms with Crippen LogP contribution in [0.2, 0.25) is 0 Å². The van der Waals surface area contributed by atoms with Gasteiger partial charge in [0.25, 0.3) is 5.56 Å². The van der Waals surface area contributed by atoms with E-state index in [1.54, 1.807) is 43.3 Å². The fraction of sp³-hybridized carbons (Fsp3) is 0.174. The molecule has 1 aliphatic rings. The largest absolute Gasteiger partial charge is 0.467 e. The van der Waals surface area contributed by atoms with Gasteiger partial charge in [0.05, 0.1) is 29.5 Å². The maximum Gasteiger partial charge on any atom is 0.262 e. The molecule has 5 rings (SSSR count). The van der Waals surface area contributed by atoms with Gasteiger partial charge in [-0.15, -0.1) is 0 Å². The monoisotopic (exact) mass is 467 g/mol. The van der Waals surface area contributed by atoms with Crippen molar-refractivity contribution < 1.29 is 23.1 Å². The Bertz CT molecular complexity index is 1420. The number of amides is 1. The molecule has 8 nitrogen and oxygen atoms in total. The normalized spacial score (nSPS) is 12.3. The van der Waals surface area contributed by atoms with Crippen LogP contribution in [0.3, 0.4) is 0 Å². The van der Waals surface area contributed by atoms with E-state index >= 15 is 0 Å². The summed E-state index contributed by atoms with van der Waals surface area (Å²) in [5, 5.41) is 3.37. The predicted octanol–water partition coefficient (Wildman–Crippen LogP) is 3.94. The molecule has 0 spiro atoms. The van der Waals surface area contributed by atoms with Gasteiger partial charge in [0.2, 0.25) is 12.7 Å². The summed E-state index contributed by atoms with van der Waals surface area (Å²) in [7, 11) is 0. The fourth-order valence-corrected chi connectivity index (χ4v) is 4.20. The summed E-state index contributed by atoms with van der Waals surface area (Å²) in [5.74, 6) is 0.774. The molecule has 168 valence electrons. The second-order valence-electron chi connectivity index (χ2n) is 7.39. The van der Waals surface area contributed by atoms with Gasteiger partial charge in [-0.2, -0.15) is 0 Å². The van der Waals surface area contributed by atoms with E-state index in [-0.39, 0.29) is 30.6 Å². The number of carbonyl (C=O) groups is 1. The van der Waals surface area contributed by atoms with Crippen LogP contribution in [0.25, 0.3) is 10.9 Å². The molecule has 0 bridgehead atoms. The molecule has 1 amide bonds. The molecule has 0 fully saturated rings. The third-order valence-corrected chi connectivity index (χ3v) is 6.07. The van der Waals surface area contributed by atoms with Crippen molar-refractivity contribution in [2.75, 3.05) is 17.9 Å². The number of anilines is 1. The van der Waals surface area contributed by atoms with E-state index in [0.717, 1.165) is 11.8 Å². The molecular weight excluding hydrogens is 449 g/mol. The molecule has 2 aromatic carbocycles. The highest BCUT2D eigenvalue weighted by Crippen LogP contribution is 2.35. The first kappa shape index (κ1) is 21.1. The summed E-state index contributed by atoms with van der Waals surface area (Å²) in [5.41, 5.74) is 0.989. The zero-order chi connectivity index (χ0) is 22.9. The average Bonchev–Trinajstić information content (AvgIpc) is 3.47. The lowest BCUT2D eigenvalue weighted by Crippen LogP contribution is -2.24. The Morgan fingerprint density at radius 2 is 2.03 bits per heavy atom. The van der Waals surface area contributed by atoms with Gasteiger partial charge in [0.1, 0.15) is 11.6 Å². The molecule has 1 aliphatic heterocycles. The number of thioether (sulfide) groups is 1. The van der Waals surface area contributed by atoms with Crippen LogP contribution < -0.4 is 20.3 Å².